The van der Waals surface area contributed by atoms with Crippen LogP contribution in [0.3, 0.4) is 0 Å². The van der Waals surface area contributed by atoms with Crippen LogP contribution in [0, 0.1) is 5.82 Å². The van der Waals surface area contributed by atoms with Gasteiger partial charge in [0.05, 0.1) is 17.6 Å². The summed E-state index contributed by atoms with van der Waals surface area (Å²) in [5, 5.41) is 12.0. The molecule has 0 unspecified atom stereocenters. The van der Waals surface area contributed by atoms with Crippen LogP contribution in [0.25, 0.3) is 11.0 Å². The van der Waals surface area contributed by atoms with Gasteiger partial charge in [-0.15, -0.1) is 0 Å². The first kappa shape index (κ1) is 16.4. The van der Waals surface area contributed by atoms with Crippen LogP contribution < -0.4 is 15.0 Å². The molecule has 0 spiro atoms. The Hall–Kier alpha value is -2.74. The number of H-pyrrole nitrogens is 1. The fraction of sp³-hybridized carbons (Fsp3) is 0.421. The maximum Gasteiger partial charge on any atom is 0.218 e. The van der Waals surface area contributed by atoms with Gasteiger partial charge in [-0.2, -0.15) is 5.10 Å². The predicted molar refractivity (Wildman–Crippen MR) is 99.2 cm³/mol. The molecule has 5 rings (SSSR count). The van der Waals surface area contributed by atoms with Crippen molar-refractivity contribution >= 4 is 16.9 Å². The summed E-state index contributed by atoms with van der Waals surface area (Å²) in [5.41, 5.74) is 2.63. The Morgan fingerprint density at radius 2 is 2.19 bits per heavy atom. The molecule has 140 valence electrons. The van der Waals surface area contributed by atoms with Crippen molar-refractivity contribution in [2.45, 2.75) is 38.4 Å². The number of hydrogen-bond donors (Lipinski definition) is 2. The molecule has 2 atom stereocenters. The van der Waals surface area contributed by atoms with Crippen LogP contribution in [0.5, 0.6) is 5.88 Å². The number of halogens is 1. The second kappa shape index (κ2) is 6.45. The maximum absolute atomic E-state index is 14.0. The number of pyridine rings is 2. The van der Waals surface area contributed by atoms with E-state index in [9.17, 15) is 4.39 Å². The molecule has 1 saturated heterocycles. The van der Waals surface area contributed by atoms with Gasteiger partial charge in [0.25, 0.3) is 0 Å². The van der Waals surface area contributed by atoms with Crippen molar-refractivity contribution in [1.29, 1.82) is 0 Å². The highest BCUT2D eigenvalue weighted by molar-refractivity contribution is 5.88. The van der Waals surface area contributed by atoms with Crippen molar-refractivity contribution in [1.82, 2.24) is 25.5 Å². The van der Waals surface area contributed by atoms with Gasteiger partial charge in [-0.05, 0) is 37.5 Å². The Kier molecular flexibility index (Phi) is 3.93. The van der Waals surface area contributed by atoms with Crippen LogP contribution in [0.2, 0.25) is 0 Å². The highest BCUT2D eigenvalue weighted by Gasteiger charge is 2.32. The van der Waals surface area contributed by atoms with Crippen LogP contribution in [-0.4, -0.2) is 39.4 Å². The van der Waals surface area contributed by atoms with Gasteiger partial charge in [-0.3, -0.25) is 5.10 Å². The van der Waals surface area contributed by atoms with E-state index in [4.69, 9.17) is 4.74 Å². The summed E-state index contributed by atoms with van der Waals surface area (Å²) >= 11 is 0. The number of nitrogens with zero attached hydrogens (tertiary/aromatic N) is 4. The lowest BCUT2D eigenvalue weighted by Gasteiger charge is -2.26. The standard InChI is InChI=1S/C19H21FN6O/c1-11-10-27-19-14(6-13(20)9-23-19)16-3-2-4-26(16)18-15-5-12(7-21-11)8-22-17(15)24-25-18/h5-6,8-9,11,16,21H,2-4,7,10H2,1H3,(H,22,24,25)/t11-,16-/m1/s1. The van der Waals surface area contributed by atoms with E-state index >= 15 is 0 Å². The Morgan fingerprint density at radius 3 is 3.11 bits per heavy atom. The van der Waals surface area contributed by atoms with Crippen LogP contribution in [0.4, 0.5) is 10.2 Å². The predicted octanol–water partition coefficient (Wildman–Crippen LogP) is 2.70. The lowest BCUT2D eigenvalue weighted by Crippen LogP contribution is -2.31. The van der Waals surface area contributed by atoms with Gasteiger partial charge < -0.3 is 15.0 Å². The zero-order chi connectivity index (χ0) is 18.4. The highest BCUT2D eigenvalue weighted by Crippen LogP contribution is 2.41. The molecule has 3 aromatic rings. The molecule has 5 heterocycles. The molecule has 1 fully saturated rings. The third kappa shape index (κ3) is 2.90. The monoisotopic (exact) mass is 368 g/mol. The summed E-state index contributed by atoms with van der Waals surface area (Å²) in [6.07, 6.45) is 4.97. The van der Waals surface area contributed by atoms with Crippen LogP contribution >= 0.6 is 0 Å². The number of ether oxygens (including phenoxy) is 1. The minimum atomic E-state index is -0.351. The summed E-state index contributed by atoms with van der Waals surface area (Å²) in [4.78, 5) is 11.0. The van der Waals surface area contributed by atoms with Gasteiger partial charge >= 0.3 is 0 Å². The summed E-state index contributed by atoms with van der Waals surface area (Å²) in [5.74, 6) is 0.998. The summed E-state index contributed by atoms with van der Waals surface area (Å²) in [7, 11) is 0. The number of aromatic nitrogens is 4. The smallest absolute Gasteiger partial charge is 0.218 e. The lowest BCUT2D eigenvalue weighted by atomic mass is 10.1. The molecule has 3 aromatic heterocycles. The molecule has 8 heteroatoms. The molecular formula is C19H21FN6O. The zero-order valence-electron chi connectivity index (χ0n) is 15.1. The van der Waals surface area contributed by atoms with Gasteiger partial charge in [-0.25, -0.2) is 14.4 Å². The van der Waals surface area contributed by atoms with E-state index in [0.29, 0.717) is 19.0 Å². The van der Waals surface area contributed by atoms with Gasteiger partial charge in [0, 0.05) is 30.9 Å². The third-order valence-corrected chi connectivity index (χ3v) is 5.31. The second-order valence-electron chi connectivity index (χ2n) is 7.28. The fourth-order valence-corrected chi connectivity index (χ4v) is 3.95. The van der Waals surface area contributed by atoms with Gasteiger partial charge in [0.1, 0.15) is 12.4 Å². The molecule has 0 saturated carbocycles. The molecule has 0 radical (unpaired) electrons. The van der Waals surface area contributed by atoms with E-state index in [1.54, 1.807) is 6.07 Å². The van der Waals surface area contributed by atoms with Crippen molar-refractivity contribution in [3.05, 3.63) is 41.5 Å². The SMILES string of the molecule is C[C@@H]1COc2ncc(F)cc2[C@H]2CCCN2c2n[nH]c3ncc(cc23)CN1. The molecule has 7 nitrogen and oxygen atoms in total. The summed E-state index contributed by atoms with van der Waals surface area (Å²) in [6.45, 7) is 4.05. The molecule has 0 aliphatic carbocycles. The van der Waals surface area contributed by atoms with Gasteiger partial charge in [0.15, 0.2) is 11.5 Å². The number of nitrogens with one attached hydrogen (secondary N) is 2. The van der Waals surface area contributed by atoms with Crippen LogP contribution in [0.15, 0.2) is 24.5 Å². The largest absolute Gasteiger partial charge is 0.476 e. The number of rotatable bonds is 0. The van der Waals surface area contributed by atoms with E-state index in [0.717, 1.165) is 47.4 Å². The van der Waals surface area contributed by atoms with Crippen molar-refractivity contribution in [2.75, 3.05) is 18.1 Å². The van der Waals surface area contributed by atoms with Gasteiger partial charge in [0.2, 0.25) is 5.88 Å². The van der Waals surface area contributed by atoms with Crippen LogP contribution in [0.1, 0.15) is 36.9 Å². The molecule has 2 bridgehead atoms. The average molecular weight is 368 g/mol. The Balaban J connectivity index is 1.67. The molecule has 2 aliphatic rings. The second-order valence-corrected chi connectivity index (χ2v) is 7.28. The molecular weight excluding hydrogens is 347 g/mol. The molecule has 0 amide bonds. The Labute approximate surface area is 156 Å². The van der Waals surface area contributed by atoms with Crippen molar-refractivity contribution in [3.8, 4) is 5.88 Å². The normalized spacial score (nSPS) is 22.5. The zero-order valence-corrected chi connectivity index (χ0v) is 15.1. The van der Waals surface area contributed by atoms with E-state index < -0.39 is 0 Å². The van der Waals surface area contributed by atoms with Gasteiger partial charge in [-0.1, -0.05) is 0 Å². The first-order chi connectivity index (χ1) is 13.2. The number of fused-ring (bicyclic) bond motifs is 5. The average Bonchev–Trinajstić information content (AvgIpc) is 3.30. The number of aromatic amines is 1. The molecule has 0 aromatic carbocycles. The minimum absolute atomic E-state index is 0.0256. The van der Waals surface area contributed by atoms with Crippen molar-refractivity contribution in [3.63, 3.8) is 0 Å². The fourth-order valence-electron chi connectivity index (χ4n) is 3.95. The quantitative estimate of drug-likeness (QED) is 0.635. The molecule has 2 N–H and O–H groups in total. The van der Waals surface area contributed by atoms with Crippen molar-refractivity contribution < 1.29 is 9.13 Å². The van der Waals surface area contributed by atoms with E-state index in [1.807, 2.05) is 6.20 Å². The molecule has 2 aliphatic heterocycles. The van der Waals surface area contributed by atoms with E-state index in [2.05, 4.69) is 43.4 Å². The van der Waals surface area contributed by atoms with E-state index in [1.165, 1.54) is 6.20 Å². The maximum atomic E-state index is 14.0. The Morgan fingerprint density at radius 1 is 1.26 bits per heavy atom. The Bertz CT molecular complexity index is 989. The summed E-state index contributed by atoms with van der Waals surface area (Å²) < 4.78 is 20.0. The first-order valence-corrected chi connectivity index (χ1v) is 9.30. The minimum Gasteiger partial charge on any atom is -0.476 e. The third-order valence-electron chi connectivity index (χ3n) is 5.31. The molecule has 27 heavy (non-hydrogen) atoms. The summed E-state index contributed by atoms with van der Waals surface area (Å²) in [6, 6.07) is 3.76. The first-order valence-electron chi connectivity index (χ1n) is 9.30. The number of anilines is 1. The number of hydrogen-bond acceptors (Lipinski definition) is 6. The van der Waals surface area contributed by atoms with E-state index in [-0.39, 0.29) is 17.9 Å². The van der Waals surface area contributed by atoms with Crippen LogP contribution in [-0.2, 0) is 6.54 Å². The lowest BCUT2D eigenvalue weighted by molar-refractivity contribution is 0.258. The topological polar surface area (TPSA) is 79.0 Å². The highest BCUT2D eigenvalue weighted by atomic mass is 19.1. The van der Waals surface area contributed by atoms with Crippen molar-refractivity contribution in [2.24, 2.45) is 0 Å².